The van der Waals surface area contributed by atoms with Crippen LogP contribution in [0.2, 0.25) is 0 Å². The normalized spacial score (nSPS) is 11.4. The van der Waals surface area contributed by atoms with E-state index in [1.807, 2.05) is 32.0 Å². The molecule has 0 aliphatic carbocycles. The van der Waals surface area contributed by atoms with Crippen molar-refractivity contribution in [2.45, 2.75) is 53.4 Å². The van der Waals surface area contributed by atoms with Gasteiger partial charge in [-0.25, -0.2) is 0 Å². The van der Waals surface area contributed by atoms with Gasteiger partial charge in [0.25, 0.3) is 0 Å². The summed E-state index contributed by atoms with van der Waals surface area (Å²) in [7, 11) is 0. The van der Waals surface area contributed by atoms with E-state index in [4.69, 9.17) is 5.11 Å². The lowest BCUT2D eigenvalue weighted by molar-refractivity contribution is -0.148. The third kappa shape index (κ3) is 4.52. The first-order valence-corrected chi connectivity index (χ1v) is 6.55. The van der Waals surface area contributed by atoms with Crippen LogP contribution in [0.1, 0.15) is 53.5 Å². The second kappa shape index (κ2) is 6.58. The van der Waals surface area contributed by atoms with Gasteiger partial charge in [-0.1, -0.05) is 58.0 Å². The van der Waals surface area contributed by atoms with Crippen molar-refractivity contribution in [3.8, 4) is 0 Å². The fourth-order valence-electron chi connectivity index (χ4n) is 2.17. The topological polar surface area (TPSA) is 37.3 Å². The molecule has 0 aliphatic rings. The molecule has 102 valence electrons. The van der Waals surface area contributed by atoms with E-state index in [-0.39, 0.29) is 5.41 Å². The van der Waals surface area contributed by atoms with Crippen molar-refractivity contribution in [2.24, 2.45) is 5.41 Å². The van der Waals surface area contributed by atoms with E-state index in [2.05, 4.69) is 26.0 Å². The molecule has 1 aromatic rings. The molecule has 0 fully saturated rings. The number of hydrogen-bond donors (Lipinski definition) is 1. The Morgan fingerprint density at radius 2 is 1.50 bits per heavy atom. The minimum absolute atomic E-state index is 0.122. The van der Waals surface area contributed by atoms with Crippen molar-refractivity contribution in [2.75, 3.05) is 0 Å². The summed E-state index contributed by atoms with van der Waals surface area (Å²) in [5.74, 6) is -0.739. The minimum atomic E-state index is -0.739. The van der Waals surface area contributed by atoms with Crippen molar-refractivity contribution < 1.29 is 9.90 Å². The van der Waals surface area contributed by atoms with Gasteiger partial charge in [0.15, 0.2) is 0 Å². The number of carbonyl (C=O) groups is 1. The van der Waals surface area contributed by atoms with Gasteiger partial charge in [0.2, 0.25) is 0 Å². The summed E-state index contributed by atoms with van der Waals surface area (Å²) >= 11 is 0. The second-order valence-corrected chi connectivity index (χ2v) is 5.62. The van der Waals surface area contributed by atoms with Crippen molar-refractivity contribution in [3.63, 3.8) is 0 Å². The summed E-state index contributed by atoms with van der Waals surface area (Å²) in [5.41, 5.74) is 0.368. The molecule has 0 amide bonds. The Morgan fingerprint density at radius 1 is 1.06 bits per heavy atom. The van der Waals surface area contributed by atoms with Crippen molar-refractivity contribution in [3.05, 3.63) is 35.9 Å². The number of hydrogen-bond acceptors (Lipinski definition) is 1. The zero-order valence-corrected chi connectivity index (χ0v) is 12.4. The average Bonchev–Trinajstić information content (AvgIpc) is 2.31. The van der Waals surface area contributed by atoms with Gasteiger partial charge in [-0.05, 0) is 31.2 Å². The first-order valence-electron chi connectivity index (χ1n) is 6.55. The Balaban J connectivity index is 0.00000137. The van der Waals surface area contributed by atoms with Gasteiger partial charge in [0, 0.05) is 0 Å². The lowest BCUT2D eigenvalue weighted by Crippen LogP contribution is -2.32. The molecule has 0 aliphatic heterocycles. The van der Waals surface area contributed by atoms with Crippen LogP contribution in [0, 0.1) is 5.41 Å². The van der Waals surface area contributed by atoms with Gasteiger partial charge < -0.3 is 5.11 Å². The first kappa shape index (κ1) is 16.7. The molecule has 0 radical (unpaired) electrons. The van der Waals surface area contributed by atoms with Crippen LogP contribution < -0.4 is 0 Å². The maximum atomic E-state index is 11.1. The molecule has 0 saturated carbocycles. The Bertz CT molecular complexity index is 364. The molecule has 0 atom stereocenters. The number of carboxylic acid groups (broad SMARTS) is 1. The maximum absolute atomic E-state index is 11.1. The second-order valence-electron chi connectivity index (χ2n) is 5.62. The smallest absolute Gasteiger partial charge is 0.309 e. The van der Waals surface area contributed by atoms with Gasteiger partial charge in [0.05, 0.1) is 5.41 Å². The van der Waals surface area contributed by atoms with Crippen LogP contribution in [0.5, 0.6) is 0 Å². The SMILES string of the molecule is CC.CC(C)(CC(C)(C)c1ccccc1)C(=O)O. The summed E-state index contributed by atoms with van der Waals surface area (Å²) in [5, 5.41) is 9.15. The third-order valence-electron chi connectivity index (χ3n) is 3.02. The summed E-state index contributed by atoms with van der Waals surface area (Å²) < 4.78 is 0. The number of benzene rings is 1. The van der Waals surface area contributed by atoms with Crippen LogP contribution in [0.15, 0.2) is 30.3 Å². The monoisotopic (exact) mass is 250 g/mol. The fourth-order valence-corrected chi connectivity index (χ4v) is 2.17. The zero-order chi connectivity index (χ0) is 14.4. The molecular formula is C16H26O2. The highest BCUT2D eigenvalue weighted by atomic mass is 16.4. The molecule has 0 aromatic heterocycles. The molecule has 0 bridgehead atoms. The number of aliphatic carboxylic acids is 1. The molecule has 0 unspecified atom stereocenters. The number of rotatable bonds is 4. The lowest BCUT2D eigenvalue weighted by Gasteiger charge is -2.32. The van der Waals surface area contributed by atoms with Crippen LogP contribution in [-0.2, 0) is 10.2 Å². The van der Waals surface area contributed by atoms with Gasteiger partial charge in [-0.3, -0.25) is 4.79 Å². The molecule has 2 nitrogen and oxygen atoms in total. The van der Waals surface area contributed by atoms with Gasteiger partial charge in [0.1, 0.15) is 0 Å². The molecule has 0 heterocycles. The Kier molecular flexibility index (Phi) is 6.10. The fraction of sp³-hybridized carbons (Fsp3) is 0.562. The predicted octanol–water partition coefficient (Wildman–Crippen LogP) is 4.49. The van der Waals surface area contributed by atoms with Crippen LogP contribution in [0.4, 0.5) is 0 Å². The van der Waals surface area contributed by atoms with Gasteiger partial charge in [-0.2, -0.15) is 0 Å². The molecule has 18 heavy (non-hydrogen) atoms. The van der Waals surface area contributed by atoms with E-state index in [1.165, 1.54) is 5.56 Å². The molecule has 0 saturated heterocycles. The minimum Gasteiger partial charge on any atom is -0.481 e. The van der Waals surface area contributed by atoms with E-state index in [1.54, 1.807) is 13.8 Å². The quantitative estimate of drug-likeness (QED) is 0.854. The summed E-state index contributed by atoms with van der Waals surface area (Å²) in [6, 6.07) is 10.1. The summed E-state index contributed by atoms with van der Waals surface area (Å²) in [4.78, 5) is 11.1. The maximum Gasteiger partial charge on any atom is 0.309 e. The summed E-state index contributed by atoms with van der Waals surface area (Å²) in [6.07, 6.45) is 0.624. The highest BCUT2D eigenvalue weighted by Crippen LogP contribution is 2.36. The average molecular weight is 250 g/mol. The highest BCUT2D eigenvalue weighted by molar-refractivity contribution is 5.73. The van der Waals surface area contributed by atoms with Crippen molar-refractivity contribution in [1.29, 1.82) is 0 Å². The standard InChI is InChI=1S/C14H20O2.C2H6/c1-13(2,10-14(3,4)12(15)16)11-8-6-5-7-9-11;1-2/h5-9H,10H2,1-4H3,(H,15,16);1-2H3. The largest absolute Gasteiger partial charge is 0.481 e. The highest BCUT2D eigenvalue weighted by Gasteiger charge is 2.35. The van der Waals surface area contributed by atoms with Gasteiger partial charge >= 0.3 is 5.97 Å². The Hall–Kier alpha value is -1.31. The van der Waals surface area contributed by atoms with Crippen LogP contribution >= 0.6 is 0 Å². The number of carboxylic acids is 1. The van der Waals surface area contributed by atoms with Crippen LogP contribution in [0.3, 0.4) is 0 Å². The van der Waals surface area contributed by atoms with Crippen LogP contribution in [-0.4, -0.2) is 11.1 Å². The Morgan fingerprint density at radius 3 is 1.89 bits per heavy atom. The first-order chi connectivity index (χ1) is 8.26. The Labute approximate surface area is 111 Å². The van der Waals surface area contributed by atoms with E-state index in [9.17, 15) is 4.79 Å². The molecule has 1 N–H and O–H groups in total. The third-order valence-corrected chi connectivity index (χ3v) is 3.02. The molecule has 2 heteroatoms. The molecule has 1 rings (SSSR count). The van der Waals surface area contributed by atoms with E-state index in [0.29, 0.717) is 6.42 Å². The van der Waals surface area contributed by atoms with E-state index < -0.39 is 11.4 Å². The van der Waals surface area contributed by atoms with E-state index >= 15 is 0 Å². The summed E-state index contributed by atoms with van der Waals surface area (Å²) in [6.45, 7) is 11.7. The predicted molar refractivity (Wildman–Crippen MR) is 76.8 cm³/mol. The van der Waals surface area contributed by atoms with Gasteiger partial charge in [-0.15, -0.1) is 0 Å². The lowest BCUT2D eigenvalue weighted by atomic mass is 9.71. The molecule has 1 aromatic carbocycles. The van der Waals surface area contributed by atoms with Crippen LogP contribution in [0.25, 0.3) is 0 Å². The van der Waals surface area contributed by atoms with Crippen molar-refractivity contribution >= 4 is 5.97 Å². The van der Waals surface area contributed by atoms with Crippen molar-refractivity contribution in [1.82, 2.24) is 0 Å². The molecule has 0 spiro atoms. The van der Waals surface area contributed by atoms with E-state index in [0.717, 1.165) is 0 Å². The zero-order valence-electron chi connectivity index (χ0n) is 12.4. The molecular weight excluding hydrogens is 224 g/mol.